The fourth-order valence-electron chi connectivity index (χ4n) is 3.09. The molecule has 1 aromatic carbocycles. The van der Waals surface area contributed by atoms with Crippen LogP contribution in [0.1, 0.15) is 59.3 Å². The number of carbonyl (C=O) groups is 2. The van der Waals surface area contributed by atoms with Gasteiger partial charge >= 0.3 is 0 Å². The van der Waals surface area contributed by atoms with Gasteiger partial charge in [-0.3, -0.25) is 9.59 Å². The Morgan fingerprint density at radius 2 is 1.97 bits per heavy atom. The molecule has 0 aliphatic carbocycles. The van der Waals surface area contributed by atoms with Crippen LogP contribution in [0, 0.1) is 19.3 Å². The summed E-state index contributed by atoms with van der Waals surface area (Å²) < 4.78 is 0. The molecule has 1 N–H and O–H groups in total. The lowest BCUT2D eigenvalue weighted by Crippen LogP contribution is -2.29. The predicted octanol–water partition coefficient (Wildman–Crippen LogP) is 5.75. The van der Waals surface area contributed by atoms with Crippen molar-refractivity contribution in [1.29, 1.82) is 0 Å². The van der Waals surface area contributed by atoms with E-state index in [1.165, 1.54) is 11.3 Å². The van der Waals surface area contributed by atoms with E-state index in [0.29, 0.717) is 27.8 Å². The van der Waals surface area contributed by atoms with Gasteiger partial charge < -0.3 is 10.2 Å². The molecular formula is C23H24Cl2N2O3S. The quantitative estimate of drug-likeness (QED) is 0.514. The van der Waals surface area contributed by atoms with Crippen molar-refractivity contribution < 1.29 is 14.4 Å². The van der Waals surface area contributed by atoms with E-state index in [2.05, 4.69) is 16.4 Å². The van der Waals surface area contributed by atoms with Crippen molar-refractivity contribution in [2.45, 2.75) is 46.1 Å². The third-order valence-corrected chi connectivity index (χ3v) is 6.46. The number of ketones is 1. The number of rotatable bonds is 7. The van der Waals surface area contributed by atoms with Gasteiger partial charge in [-0.05, 0) is 43.7 Å². The molecule has 0 bridgehead atoms. The lowest BCUT2D eigenvalue weighted by atomic mass is 9.90. The van der Waals surface area contributed by atoms with Crippen molar-refractivity contribution in [2.24, 2.45) is 5.16 Å². The number of nitrogens with zero attached hydrogens (tertiary/aromatic N) is 1. The smallest absolute Gasteiger partial charge is 0.262 e. The van der Waals surface area contributed by atoms with Crippen molar-refractivity contribution >= 4 is 51.9 Å². The summed E-state index contributed by atoms with van der Waals surface area (Å²) in [6.45, 7) is 3.73. The molecule has 0 saturated carbocycles. The zero-order valence-electron chi connectivity index (χ0n) is 16.6. The molecule has 1 amide bonds. The molecule has 0 spiro atoms. The van der Waals surface area contributed by atoms with Gasteiger partial charge in [-0.2, -0.15) is 0 Å². The molecule has 31 heavy (non-hydrogen) atoms. The van der Waals surface area contributed by atoms with E-state index >= 15 is 0 Å². The van der Waals surface area contributed by atoms with Crippen molar-refractivity contribution in [1.82, 2.24) is 5.32 Å². The Balaban J connectivity index is 0.00000341. The van der Waals surface area contributed by atoms with Gasteiger partial charge in [0.05, 0.1) is 16.3 Å². The topological polar surface area (TPSA) is 67.8 Å². The molecule has 2 heterocycles. The van der Waals surface area contributed by atoms with Gasteiger partial charge in [0.15, 0.2) is 11.4 Å². The molecule has 3 rings (SSSR count). The van der Waals surface area contributed by atoms with Gasteiger partial charge in [-0.15, -0.1) is 23.7 Å². The van der Waals surface area contributed by atoms with Crippen molar-refractivity contribution in [2.75, 3.05) is 6.54 Å². The second-order valence-corrected chi connectivity index (χ2v) is 9.17. The maximum absolute atomic E-state index is 12.5. The Kier molecular flexibility index (Phi) is 8.30. The lowest BCUT2D eigenvalue weighted by molar-refractivity contribution is -0.118. The van der Waals surface area contributed by atoms with Gasteiger partial charge in [0.25, 0.3) is 5.91 Å². The van der Waals surface area contributed by atoms with Crippen LogP contribution in [0.25, 0.3) is 0 Å². The van der Waals surface area contributed by atoms with E-state index in [9.17, 15) is 9.59 Å². The summed E-state index contributed by atoms with van der Waals surface area (Å²) in [7, 11) is 0. The molecule has 1 aliphatic rings. The first-order valence-corrected chi connectivity index (χ1v) is 10.8. The van der Waals surface area contributed by atoms with Crippen LogP contribution in [-0.2, 0) is 15.2 Å². The number of terminal acetylenes is 1. The minimum Gasteiger partial charge on any atom is -0.384 e. The molecule has 2 aromatic rings. The number of nitrogens with one attached hydrogen (secondary N) is 1. The zero-order valence-corrected chi connectivity index (χ0v) is 18.9. The fourth-order valence-corrected chi connectivity index (χ4v) is 4.69. The highest BCUT2D eigenvalue weighted by Crippen LogP contribution is 2.39. The van der Waals surface area contributed by atoms with E-state index in [-0.39, 0.29) is 32.1 Å². The maximum Gasteiger partial charge on any atom is 0.262 e. The highest BCUT2D eigenvalue weighted by Gasteiger charge is 2.38. The fraction of sp³-hybridized carbons (Fsp3) is 0.348. The van der Waals surface area contributed by atoms with Gasteiger partial charge in [-0.25, -0.2) is 0 Å². The summed E-state index contributed by atoms with van der Waals surface area (Å²) in [5.74, 6) is 2.03. The van der Waals surface area contributed by atoms with E-state index < -0.39 is 5.60 Å². The van der Waals surface area contributed by atoms with Crippen LogP contribution < -0.4 is 5.32 Å². The predicted molar refractivity (Wildman–Crippen MR) is 127 cm³/mol. The number of halogens is 2. The Labute approximate surface area is 196 Å². The number of aryl methyl sites for hydroxylation is 1. The van der Waals surface area contributed by atoms with Gasteiger partial charge in [0.1, 0.15) is 5.71 Å². The number of hydrogen-bond donors (Lipinski definition) is 1. The molecule has 5 nitrogen and oxygen atoms in total. The second-order valence-electron chi connectivity index (χ2n) is 7.24. The highest BCUT2D eigenvalue weighted by atomic mass is 35.5. The summed E-state index contributed by atoms with van der Waals surface area (Å²) >= 11 is 13.6. The minimum atomic E-state index is -0.701. The lowest BCUT2D eigenvalue weighted by Gasteiger charge is -2.22. The first kappa shape index (κ1) is 24.9. The molecule has 1 aromatic heterocycles. The first-order valence-electron chi connectivity index (χ1n) is 9.27. The van der Waals surface area contributed by atoms with Crippen LogP contribution in [0.3, 0.4) is 0 Å². The molecule has 0 saturated heterocycles. The van der Waals surface area contributed by atoms with E-state index in [4.69, 9.17) is 34.5 Å². The molecule has 1 unspecified atom stereocenters. The number of Topliss-reactive ketones (excluding diaryl/α,β-unsaturated/α-hetero) is 1. The Bertz CT molecular complexity index is 1050. The number of thiophene rings is 1. The molecule has 0 radical (unpaired) electrons. The molecule has 0 fully saturated rings. The summed E-state index contributed by atoms with van der Waals surface area (Å²) in [5, 5.41) is 7.97. The third-order valence-electron chi connectivity index (χ3n) is 4.74. The van der Waals surface area contributed by atoms with Crippen molar-refractivity contribution in [3.05, 3.63) is 55.2 Å². The Morgan fingerprint density at radius 1 is 1.29 bits per heavy atom. The van der Waals surface area contributed by atoms with E-state index in [1.807, 2.05) is 32.0 Å². The Hall–Kier alpha value is -2.33. The summed E-state index contributed by atoms with van der Waals surface area (Å²) in [4.78, 5) is 31.4. The SMILES string of the molecule is C.C#CCCC(=O)CNC(=O)c1sc(C2=NOC(C)(c3cc(Cl)cc(Cl)c3)C2)cc1C. The number of amides is 1. The van der Waals surface area contributed by atoms with Crippen LogP contribution in [0.15, 0.2) is 29.4 Å². The van der Waals surface area contributed by atoms with Crippen molar-refractivity contribution in [3.63, 3.8) is 0 Å². The number of benzene rings is 1. The van der Waals surface area contributed by atoms with Crippen LogP contribution in [0.2, 0.25) is 10.0 Å². The molecular weight excluding hydrogens is 455 g/mol. The van der Waals surface area contributed by atoms with Crippen LogP contribution in [-0.4, -0.2) is 23.9 Å². The average Bonchev–Trinajstić information content (AvgIpc) is 3.27. The third kappa shape index (κ3) is 5.88. The molecule has 1 aliphatic heterocycles. The summed E-state index contributed by atoms with van der Waals surface area (Å²) in [5.41, 5.74) is 1.68. The maximum atomic E-state index is 12.5. The normalized spacial score (nSPS) is 17.2. The van der Waals surface area contributed by atoms with Gasteiger partial charge in [0, 0.05) is 34.9 Å². The number of hydrogen-bond acceptors (Lipinski definition) is 5. The van der Waals surface area contributed by atoms with Crippen LogP contribution in [0.5, 0.6) is 0 Å². The van der Waals surface area contributed by atoms with Gasteiger partial charge in [-0.1, -0.05) is 35.8 Å². The Morgan fingerprint density at radius 3 is 2.61 bits per heavy atom. The zero-order chi connectivity index (χ0) is 21.9. The van der Waals surface area contributed by atoms with Gasteiger partial charge in [0.2, 0.25) is 0 Å². The monoisotopic (exact) mass is 478 g/mol. The van der Waals surface area contributed by atoms with E-state index in [1.54, 1.807) is 6.07 Å². The first-order chi connectivity index (χ1) is 14.2. The van der Waals surface area contributed by atoms with Crippen LogP contribution >= 0.6 is 34.5 Å². The minimum absolute atomic E-state index is 0. The second kappa shape index (κ2) is 10.3. The number of oxime groups is 1. The molecule has 164 valence electrons. The van der Waals surface area contributed by atoms with Crippen LogP contribution in [0.4, 0.5) is 0 Å². The highest BCUT2D eigenvalue weighted by molar-refractivity contribution is 7.16. The van der Waals surface area contributed by atoms with Crippen molar-refractivity contribution in [3.8, 4) is 12.3 Å². The number of carbonyl (C=O) groups excluding carboxylic acids is 2. The van der Waals surface area contributed by atoms with E-state index in [0.717, 1.165) is 21.7 Å². The molecule has 8 heteroatoms. The summed E-state index contributed by atoms with van der Waals surface area (Å²) in [6, 6.07) is 7.18. The largest absolute Gasteiger partial charge is 0.384 e. The average molecular weight is 479 g/mol. The molecule has 1 atom stereocenters. The summed E-state index contributed by atoms with van der Waals surface area (Å²) in [6.07, 6.45) is 6.29. The standard InChI is InChI=1S/C22H20Cl2N2O3S.CH4/c1-4-5-6-17(27)12-25-21(28)20-13(2)7-19(30-20)18-11-22(3,29-26-18)14-8-15(23)10-16(24)9-14;/h1,7-10H,5-6,11-12H2,2-3H3,(H,25,28);1H4.